The number of hydrogen-bond donors (Lipinski definition) is 3. The molecule has 0 radical (unpaired) electrons. The number of amides is 1. The van der Waals surface area contributed by atoms with E-state index >= 15 is 0 Å². The van der Waals surface area contributed by atoms with Gasteiger partial charge in [-0.2, -0.15) is 5.10 Å². The zero-order valence-corrected chi connectivity index (χ0v) is 15.3. The Hall–Kier alpha value is -3.58. The molecule has 142 valence electrons. The molecule has 0 atom stereocenters. The number of halogens is 1. The van der Waals surface area contributed by atoms with Crippen LogP contribution in [-0.2, 0) is 6.54 Å². The first kappa shape index (κ1) is 19.2. The van der Waals surface area contributed by atoms with E-state index in [1.807, 2.05) is 6.07 Å². The number of phenols is 2. The molecule has 0 saturated heterocycles. The van der Waals surface area contributed by atoms with E-state index in [0.29, 0.717) is 10.6 Å². The van der Waals surface area contributed by atoms with Gasteiger partial charge in [-0.15, -0.1) is 0 Å². The molecule has 1 aromatic heterocycles. The number of hydrogen-bond acceptors (Lipinski definition) is 5. The van der Waals surface area contributed by atoms with Crippen molar-refractivity contribution in [3.63, 3.8) is 0 Å². The van der Waals surface area contributed by atoms with E-state index in [2.05, 4.69) is 10.5 Å². The fourth-order valence-corrected chi connectivity index (χ4v) is 2.69. The molecule has 0 fully saturated rings. The summed E-state index contributed by atoms with van der Waals surface area (Å²) in [6.07, 6.45) is 2.85. The molecule has 1 heterocycles. The molecule has 0 saturated carbocycles. The predicted molar refractivity (Wildman–Crippen MR) is 106 cm³/mol. The van der Waals surface area contributed by atoms with Gasteiger partial charge in [-0.1, -0.05) is 29.8 Å². The van der Waals surface area contributed by atoms with Crippen molar-refractivity contribution in [2.24, 2.45) is 5.10 Å². The Kier molecular flexibility index (Phi) is 5.76. The summed E-state index contributed by atoms with van der Waals surface area (Å²) in [6.45, 7) is 0.232. The van der Waals surface area contributed by atoms with Gasteiger partial charge in [0.15, 0.2) is 11.5 Å². The molecule has 0 spiro atoms. The van der Waals surface area contributed by atoms with Crippen LogP contribution in [0.2, 0.25) is 5.02 Å². The highest BCUT2D eigenvalue weighted by Gasteiger charge is 2.12. The van der Waals surface area contributed by atoms with Crippen LogP contribution < -0.4 is 11.0 Å². The van der Waals surface area contributed by atoms with Crippen LogP contribution in [0.15, 0.2) is 70.7 Å². The maximum absolute atomic E-state index is 12.6. The maximum Gasteiger partial charge on any atom is 0.276 e. The van der Waals surface area contributed by atoms with Gasteiger partial charge in [-0.05, 0) is 47.5 Å². The molecule has 3 aromatic rings. The fraction of sp³-hybridized carbons (Fsp3) is 0.0500. The molecule has 0 unspecified atom stereocenters. The average molecular weight is 398 g/mol. The normalized spacial score (nSPS) is 10.9. The van der Waals surface area contributed by atoms with Crippen LogP contribution in [0.3, 0.4) is 0 Å². The van der Waals surface area contributed by atoms with Crippen LogP contribution in [0.1, 0.15) is 21.5 Å². The molecule has 3 rings (SSSR count). The molecule has 8 heteroatoms. The fourth-order valence-electron chi connectivity index (χ4n) is 2.49. The number of nitrogens with one attached hydrogen (secondary N) is 1. The van der Waals surface area contributed by atoms with Crippen molar-refractivity contribution in [2.75, 3.05) is 0 Å². The number of carbonyl (C=O) groups is 1. The van der Waals surface area contributed by atoms with Crippen LogP contribution in [-0.4, -0.2) is 26.9 Å². The van der Waals surface area contributed by atoms with Crippen LogP contribution in [0.5, 0.6) is 11.5 Å². The number of benzene rings is 2. The molecule has 3 N–H and O–H groups in total. The Morgan fingerprint density at radius 3 is 2.64 bits per heavy atom. The lowest BCUT2D eigenvalue weighted by Gasteiger charge is -2.09. The second-order valence-corrected chi connectivity index (χ2v) is 6.30. The molecule has 0 bridgehead atoms. The second kappa shape index (κ2) is 8.41. The topological polar surface area (TPSA) is 104 Å². The van der Waals surface area contributed by atoms with Gasteiger partial charge in [0.1, 0.15) is 5.56 Å². The third-order valence-electron chi connectivity index (χ3n) is 3.94. The van der Waals surface area contributed by atoms with E-state index in [0.717, 1.165) is 5.56 Å². The Morgan fingerprint density at radius 2 is 1.89 bits per heavy atom. The number of aromatic nitrogens is 1. The number of rotatable bonds is 5. The standard InChI is InChI=1S/C20H16ClN3O4/c21-16-6-2-1-4-14(16)12-24-9-3-5-15(20(24)28)19(27)23-22-11-13-7-8-17(25)18(26)10-13/h1-11,25-26H,12H2,(H,23,27)/b22-11-. The Labute approximate surface area is 165 Å². The minimum Gasteiger partial charge on any atom is -0.504 e. The van der Waals surface area contributed by atoms with Crippen molar-refractivity contribution in [2.45, 2.75) is 6.54 Å². The van der Waals surface area contributed by atoms with E-state index in [-0.39, 0.29) is 23.6 Å². The monoisotopic (exact) mass is 397 g/mol. The van der Waals surface area contributed by atoms with Crippen molar-refractivity contribution < 1.29 is 15.0 Å². The Morgan fingerprint density at radius 1 is 1.11 bits per heavy atom. The number of aromatic hydroxyl groups is 2. The minimum absolute atomic E-state index is 0.0692. The van der Waals surface area contributed by atoms with Gasteiger partial charge >= 0.3 is 0 Å². The van der Waals surface area contributed by atoms with Crippen LogP contribution >= 0.6 is 11.6 Å². The summed E-state index contributed by atoms with van der Waals surface area (Å²) in [7, 11) is 0. The summed E-state index contributed by atoms with van der Waals surface area (Å²) in [6, 6.07) is 14.2. The van der Waals surface area contributed by atoms with E-state index in [4.69, 9.17) is 11.6 Å². The highest BCUT2D eigenvalue weighted by Crippen LogP contribution is 2.23. The lowest BCUT2D eigenvalue weighted by atomic mass is 10.2. The zero-order valence-electron chi connectivity index (χ0n) is 14.5. The maximum atomic E-state index is 12.6. The van der Waals surface area contributed by atoms with Gasteiger partial charge in [0.25, 0.3) is 11.5 Å². The van der Waals surface area contributed by atoms with Crippen molar-refractivity contribution in [3.05, 3.63) is 92.9 Å². The largest absolute Gasteiger partial charge is 0.504 e. The molecular formula is C20H16ClN3O4. The number of hydrazone groups is 1. The number of nitrogens with zero attached hydrogens (tertiary/aromatic N) is 2. The number of pyridine rings is 1. The van der Waals surface area contributed by atoms with Gasteiger partial charge < -0.3 is 14.8 Å². The summed E-state index contributed by atoms with van der Waals surface area (Å²) in [5.74, 6) is -1.23. The first-order valence-electron chi connectivity index (χ1n) is 8.24. The van der Waals surface area contributed by atoms with Crippen LogP contribution in [0.25, 0.3) is 0 Å². The summed E-state index contributed by atoms with van der Waals surface area (Å²) in [5, 5.41) is 23.0. The Bertz CT molecular complexity index is 1110. The van der Waals surface area contributed by atoms with E-state index in [1.54, 1.807) is 30.5 Å². The lowest BCUT2D eigenvalue weighted by Crippen LogP contribution is -2.30. The van der Waals surface area contributed by atoms with Crippen molar-refractivity contribution in [3.8, 4) is 11.5 Å². The predicted octanol–water partition coefficient (Wildman–Crippen LogP) is 2.73. The summed E-state index contributed by atoms with van der Waals surface area (Å²) in [4.78, 5) is 24.9. The van der Waals surface area contributed by atoms with Crippen molar-refractivity contribution in [1.82, 2.24) is 9.99 Å². The summed E-state index contributed by atoms with van der Waals surface area (Å²) in [5.41, 5.74) is 2.94. The molecule has 28 heavy (non-hydrogen) atoms. The van der Waals surface area contributed by atoms with Gasteiger partial charge in [0.2, 0.25) is 0 Å². The van der Waals surface area contributed by atoms with Gasteiger partial charge in [-0.25, -0.2) is 5.43 Å². The smallest absolute Gasteiger partial charge is 0.276 e. The number of carbonyl (C=O) groups excluding carboxylic acids is 1. The first-order valence-corrected chi connectivity index (χ1v) is 8.62. The van der Waals surface area contributed by atoms with Gasteiger partial charge in [0, 0.05) is 11.2 Å². The van der Waals surface area contributed by atoms with Crippen LogP contribution in [0.4, 0.5) is 0 Å². The van der Waals surface area contributed by atoms with E-state index in [9.17, 15) is 19.8 Å². The minimum atomic E-state index is -0.669. The molecular weight excluding hydrogens is 382 g/mol. The zero-order chi connectivity index (χ0) is 20.1. The second-order valence-electron chi connectivity index (χ2n) is 5.89. The lowest BCUT2D eigenvalue weighted by molar-refractivity contribution is 0.0953. The van der Waals surface area contributed by atoms with Crippen molar-refractivity contribution >= 4 is 23.7 Å². The molecule has 0 aliphatic carbocycles. The quantitative estimate of drug-likeness (QED) is 0.350. The average Bonchev–Trinajstić information content (AvgIpc) is 2.68. The highest BCUT2D eigenvalue weighted by molar-refractivity contribution is 6.31. The third kappa shape index (κ3) is 4.39. The van der Waals surface area contributed by atoms with Gasteiger partial charge in [-0.3, -0.25) is 9.59 Å². The highest BCUT2D eigenvalue weighted by atomic mass is 35.5. The molecule has 2 aromatic carbocycles. The summed E-state index contributed by atoms with van der Waals surface area (Å²) >= 11 is 6.13. The van der Waals surface area contributed by atoms with Crippen LogP contribution in [0, 0.1) is 0 Å². The van der Waals surface area contributed by atoms with E-state index < -0.39 is 11.5 Å². The molecule has 7 nitrogen and oxygen atoms in total. The Balaban J connectivity index is 1.75. The molecule has 1 amide bonds. The number of phenolic OH excluding ortho intramolecular Hbond substituents is 2. The molecule has 0 aliphatic rings. The molecule has 0 aliphatic heterocycles. The van der Waals surface area contributed by atoms with Gasteiger partial charge in [0.05, 0.1) is 12.8 Å². The van der Waals surface area contributed by atoms with E-state index in [1.165, 1.54) is 35.0 Å². The summed E-state index contributed by atoms with van der Waals surface area (Å²) < 4.78 is 1.39. The van der Waals surface area contributed by atoms with Crippen molar-refractivity contribution in [1.29, 1.82) is 0 Å². The first-order chi connectivity index (χ1) is 13.5. The third-order valence-corrected chi connectivity index (χ3v) is 4.31. The SMILES string of the molecule is O=C(N/N=C\c1ccc(O)c(O)c1)c1cccn(Cc2ccccc2Cl)c1=O.